The summed E-state index contributed by atoms with van der Waals surface area (Å²) in [7, 11) is 4.35. The van der Waals surface area contributed by atoms with E-state index in [-0.39, 0.29) is 17.5 Å². The van der Waals surface area contributed by atoms with Crippen molar-refractivity contribution in [3.63, 3.8) is 0 Å². The van der Waals surface area contributed by atoms with Crippen molar-refractivity contribution in [2.24, 2.45) is 11.8 Å². The number of nitrogens with zero attached hydrogens (tertiary/aromatic N) is 6. The van der Waals surface area contributed by atoms with Gasteiger partial charge in [0, 0.05) is 89.7 Å². The van der Waals surface area contributed by atoms with Crippen molar-refractivity contribution in [3.05, 3.63) is 39.5 Å². The van der Waals surface area contributed by atoms with Gasteiger partial charge in [-0.1, -0.05) is 0 Å². The number of carbonyl (C=O) groups is 1. The van der Waals surface area contributed by atoms with Crippen molar-refractivity contribution in [1.82, 2.24) is 24.6 Å². The van der Waals surface area contributed by atoms with Crippen LogP contribution in [0.1, 0.15) is 69.0 Å². The van der Waals surface area contributed by atoms with Gasteiger partial charge >= 0.3 is 0 Å². The number of hydrazine groups is 2. The molecule has 1 aromatic rings. The number of likely N-dealkylation sites (N-methyl/N-ethyl adjacent to an activating group) is 2. The molecular weight excluding hydrogens is 500 g/mol. The molecule has 0 bridgehead atoms. The smallest absolute Gasteiger partial charge is 0.178 e. The molecule has 8 heteroatoms. The Kier molecular flexibility index (Phi) is 8.44. The van der Waals surface area contributed by atoms with Gasteiger partial charge in [-0.2, -0.15) is 0 Å². The van der Waals surface area contributed by atoms with Crippen LogP contribution in [0, 0.1) is 32.6 Å². The summed E-state index contributed by atoms with van der Waals surface area (Å²) in [5, 5.41) is 21.1. The summed E-state index contributed by atoms with van der Waals surface area (Å²) >= 11 is 0. The minimum absolute atomic E-state index is 0.0637. The number of Topliss-reactive ketones (excluding diaryl/α,β-unsaturated/α-hetero) is 1. The number of ketones is 1. The van der Waals surface area contributed by atoms with Gasteiger partial charge in [-0.3, -0.25) is 4.79 Å². The highest BCUT2D eigenvalue weighted by Gasteiger charge is 2.52. The molecule has 0 radical (unpaired) electrons. The molecule has 1 aromatic heterocycles. The predicted octanol–water partition coefficient (Wildman–Crippen LogP) is 4.16. The normalized spacial score (nSPS) is 24.7. The molecule has 2 saturated heterocycles. The molecule has 0 aromatic carbocycles. The summed E-state index contributed by atoms with van der Waals surface area (Å²) in [6, 6.07) is 0. The van der Waals surface area contributed by atoms with E-state index in [0.29, 0.717) is 5.57 Å². The van der Waals surface area contributed by atoms with Crippen LogP contribution in [0.25, 0.3) is 5.57 Å². The third kappa shape index (κ3) is 4.91. The molecule has 0 saturated carbocycles. The van der Waals surface area contributed by atoms with E-state index in [1.807, 2.05) is 0 Å². The quantitative estimate of drug-likeness (QED) is 0.441. The molecule has 1 aliphatic carbocycles. The fourth-order valence-electron chi connectivity index (χ4n) is 7.66. The van der Waals surface area contributed by atoms with E-state index in [1.54, 1.807) is 0 Å². The lowest BCUT2D eigenvalue weighted by atomic mass is 9.68. The molecule has 40 heavy (non-hydrogen) atoms. The molecule has 0 amide bonds. The Bertz CT molecular complexity index is 1260. The molecule has 2 fully saturated rings. The highest BCUT2D eigenvalue weighted by Crippen LogP contribution is 2.47. The number of allylic oxidation sites excluding steroid dienone is 4. The fraction of sp³-hybridized carbons (Fsp3) is 0.688. The van der Waals surface area contributed by atoms with Crippen molar-refractivity contribution in [3.8, 4) is 0 Å². The summed E-state index contributed by atoms with van der Waals surface area (Å²) in [6.07, 6.45) is 5.08. The number of aliphatic hydroxyl groups excluding tert-OH is 1. The van der Waals surface area contributed by atoms with E-state index in [2.05, 4.69) is 84.8 Å². The molecule has 8 nitrogen and oxygen atoms in total. The predicted molar refractivity (Wildman–Crippen MR) is 161 cm³/mol. The number of hydrogen-bond acceptors (Lipinski definition) is 6. The van der Waals surface area contributed by atoms with Crippen molar-refractivity contribution < 1.29 is 14.5 Å². The van der Waals surface area contributed by atoms with Crippen LogP contribution in [0.2, 0.25) is 0 Å². The van der Waals surface area contributed by atoms with E-state index < -0.39 is 5.92 Å². The van der Waals surface area contributed by atoms with Crippen LogP contribution in [-0.2, 0) is 11.3 Å². The average molecular weight is 552 g/mol. The number of carbonyl (C=O) groups excluding carboxylic acids is 1. The van der Waals surface area contributed by atoms with Crippen molar-refractivity contribution in [2.45, 2.75) is 73.8 Å². The molecule has 1 N–H and O–H groups in total. The highest BCUT2D eigenvalue weighted by atomic mass is 16.3. The first kappa shape index (κ1) is 29.2. The largest absolute Gasteiger partial charge is 0.511 e. The molecule has 3 aliphatic heterocycles. The molecule has 0 spiro atoms. The third-order valence-electron chi connectivity index (χ3n) is 10.5. The third-order valence-corrected chi connectivity index (χ3v) is 10.5. The Morgan fingerprint density at radius 1 is 0.825 bits per heavy atom. The average Bonchev–Trinajstić information content (AvgIpc) is 3.73. The van der Waals surface area contributed by atoms with Crippen LogP contribution < -0.4 is 0 Å². The van der Waals surface area contributed by atoms with Crippen LogP contribution >= 0.6 is 0 Å². The zero-order valence-electron chi connectivity index (χ0n) is 26.2. The van der Waals surface area contributed by atoms with E-state index in [9.17, 15) is 9.90 Å². The maximum atomic E-state index is 13.9. The molecule has 2 atom stereocenters. The summed E-state index contributed by atoms with van der Waals surface area (Å²) in [4.78, 5) is 13.9. The summed E-state index contributed by atoms with van der Waals surface area (Å²) in [5.74, 6) is -0.182. The minimum Gasteiger partial charge on any atom is -0.511 e. The van der Waals surface area contributed by atoms with E-state index in [4.69, 9.17) is 0 Å². The highest BCUT2D eigenvalue weighted by molar-refractivity contribution is 6.31. The Hall–Kier alpha value is -2.26. The molecule has 2 unspecified atom stereocenters. The SMILES string of the molecule is CC1=C(C)[N+](CCN(C)N2CCCC2)=C(C)C1C1C(=O)C(c2c(C)c(C)n(CCN(C)N3CCCC3)c2C)=C1O. The van der Waals surface area contributed by atoms with Crippen LogP contribution in [0.4, 0.5) is 0 Å². The van der Waals surface area contributed by atoms with Gasteiger partial charge < -0.3 is 9.67 Å². The van der Waals surface area contributed by atoms with E-state index in [0.717, 1.165) is 69.2 Å². The minimum atomic E-state index is -0.477. The zero-order valence-corrected chi connectivity index (χ0v) is 26.2. The molecule has 4 aliphatic rings. The van der Waals surface area contributed by atoms with Gasteiger partial charge in [-0.05, 0) is 58.9 Å². The van der Waals surface area contributed by atoms with Gasteiger partial charge in [0.05, 0.1) is 24.0 Å². The first-order valence-corrected chi connectivity index (χ1v) is 15.4. The fourth-order valence-corrected chi connectivity index (χ4v) is 7.66. The second kappa shape index (κ2) is 11.6. The number of hydrogen-bond donors (Lipinski definition) is 1. The first-order chi connectivity index (χ1) is 19.0. The summed E-state index contributed by atoms with van der Waals surface area (Å²) < 4.78 is 4.71. The number of rotatable bonds is 10. The number of aliphatic hydroxyl groups is 1. The second-order valence-corrected chi connectivity index (χ2v) is 12.5. The van der Waals surface area contributed by atoms with Crippen LogP contribution in [0.15, 0.2) is 17.0 Å². The number of aromatic nitrogens is 1. The standard InChI is InChI=1S/C32H50N6O2/c1-21-23(3)37(19-17-33(7)35-13-9-10-14-35)25(5)27(21)29-31(39)30(32(29)40)28-22(2)24(4)38(26(28)6)20-18-34(8)36-15-11-12-16-36/h27,29H,9-20H2,1-8H3/p+1. The van der Waals surface area contributed by atoms with E-state index >= 15 is 0 Å². The molecule has 4 heterocycles. The van der Waals surface area contributed by atoms with Gasteiger partial charge in [-0.15, -0.1) is 0 Å². The molecule has 220 valence electrons. The Morgan fingerprint density at radius 3 is 1.93 bits per heavy atom. The topological polar surface area (TPSA) is 58.2 Å². The maximum Gasteiger partial charge on any atom is 0.178 e. The van der Waals surface area contributed by atoms with Gasteiger partial charge in [0.2, 0.25) is 0 Å². The van der Waals surface area contributed by atoms with Gasteiger partial charge in [0.15, 0.2) is 23.7 Å². The van der Waals surface area contributed by atoms with Crippen molar-refractivity contribution in [2.75, 3.05) is 59.9 Å². The second-order valence-electron chi connectivity index (χ2n) is 12.5. The van der Waals surface area contributed by atoms with Gasteiger partial charge in [0.1, 0.15) is 5.76 Å². The summed E-state index contributed by atoms with van der Waals surface area (Å²) in [5.41, 5.74) is 8.47. The maximum absolute atomic E-state index is 13.9. The van der Waals surface area contributed by atoms with Gasteiger partial charge in [0.25, 0.3) is 0 Å². The molecule has 5 rings (SSSR count). The van der Waals surface area contributed by atoms with E-state index in [1.165, 1.54) is 48.4 Å². The Morgan fingerprint density at radius 2 is 1.38 bits per heavy atom. The zero-order chi connectivity index (χ0) is 28.9. The lowest BCUT2D eigenvalue weighted by Gasteiger charge is -2.32. The first-order valence-electron chi connectivity index (χ1n) is 15.4. The summed E-state index contributed by atoms with van der Waals surface area (Å²) in [6.45, 7) is 21.0. The van der Waals surface area contributed by atoms with Crippen LogP contribution in [-0.4, -0.2) is 106 Å². The molecular formula is C32H51N6O2+. The van der Waals surface area contributed by atoms with Crippen molar-refractivity contribution in [1.29, 1.82) is 0 Å². The van der Waals surface area contributed by atoms with Crippen LogP contribution in [0.5, 0.6) is 0 Å². The Labute approximate surface area is 241 Å². The van der Waals surface area contributed by atoms with Crippen LogP contribution in [0.3, 0.4) is 0 Å². The van der Waals surface area contributed by atoms with Crippen molar-refractivity contribution >= 4 is 17.1 Å². The Balaban J connectivity index is 1.35. The lowest BCUT2D eigenvalue weighted by Crippen LogP contribution is -2.42. The monoisotopic (exact) mass is 551 g/mol. The van der Waals surface area contributed by atoms with Gasteiger partial charge in [-0.25, -0.2) is 24.6 Å². The lowest BCUT2D eigenvalue weighted by molar-refractivity contribution is -0.477.